The van der Waals surface area contributed by atoms with E-state index in [1.807, 2.05) is 29.6 Å². The molecule has 0 aliphatic carbocycles. The second kappa shape index (κ2) is 4.42. The lowest BCUT2D eigenvalue weighted by Gasteiger charge is -2.08. The van der Waals surface area contributed by atoms with Crippen molar-refractivity contribution in [2.45, 2.75) is 6.10 Å². The average Bonchev–Trinajstić information content (AvgIpc) is 2.81. The van der Waals surface area contributed by atoms with Crippen LogP contribution >= 0.6 is 11.3 Å². The van der Waals surface area contributed by atoms with Crippen molar-refractivity contribution in [1.29, 1.82) is 0 Å². The monoisotopic (exact) mass is 221 g/mol. The highest BCUT2D eigenvalue weighted by Gasteiger charge is 2.12. The van der Waals surface area contributed by atoms with E-state index >= 15 is 0 Å². The van der Waals surface area contributed by atoms with E-state index in [-0.39, 0.29) is 0 Å². The molecular weight excluding hydrogens is 210 g/mol. The second-order valence-electron chi connectivity index (χ2n) is 3.05. The van der Waals surface area contributed by atoms with Crippen LogP contribution < -0.4 is 4.74 Å². The number of hydrogen-bond donors (Lipinski definition) is 1. The number of ether oxygens (including phenoxy) is 1. The second-order valence-corrected chi connectivity index (χ2v) is 3.98. The molecule has 0 saturated carbocycles. The molecule has 0 aliphatic heterocycles. The van der Waals surface area contributed by atoms with Crippen molar-refractivity contribution >= 4 is 11.3 Å². The predicted molar refractivity (Wildman–Crippen MR) is 59.2 cm³/mol. The largest absolute Gasteiger partial charge is 0.497 e. The van der Waals surface area contributed by atoms with E-state index in [2.05, 4.69) is 4.98 Å². The highest BCUT2D eigenvalue weighted by atomic mass is 32.1. The van der Waals surface area contributed by atoms with Crippen LogP contribution in [-0.4, -0.2) is 17.2 Å². The summed E-state index contributed by atoms with van der Waals surface area (Å²) in [5, 5.41) is 12.5. The summed E-state index contributed by atoms with van der Waals surface area (Å²) in [6.45, 7) is 0. The first-order valence-corrected chi connectivity index (χ1v) is 5.40. The van der Waals surface area contributed by atoms with Gasteiger partial charge in [0, 0.05) is 11.6 Å². The molecule has 78 valence electrons. The molecule has 2 aromatic rings. The van der Waals surface area contributed by atoms with Gasteiger partial charge in [0.05, 0.1) is 7.11 Å². The fraction of sp³-hybridized carbons (Fsp3) is 0.182. The highest BCUT2D eigenvalue weighted by Crippen LogP contribution is 2.25. The zero-order valence-corrected chi connectivity index (χ0v) is 9.07. The smallest absolute Gasteiger partial charge is 0.131 e. The Morgan fingerprint density at radius 3 is 3.00 bits per heavy atom. The quantitative estimate of drug-likeness (QED) is 0.864. The normalized spacial score (nSPS) is 12.4. The van der Waals surface area contributed by atoms with Crippen molar-refractivity contribution in [1.82, 2.24) is 4.98 Å². The van der Waals surface area contributed by atoms with Crippen LogP contribution in [0.3, 0.4) is 0 Å². The van der Waals surface area contributed by atoms with Crippen molar-refractivity contribution in [3.05, 3.63) is 46.4 Å². The fourth-order valence-corrected chi connectivity index (χ4v) is 1.97. The zero-order valence-electron chi connectivity index (χ0n) is 8.25. The third-order valence-electron chi connectivity index (χ3n) is 2.09. The van der Waals surface area contributed by atoms with Gasteiger partial charge in [-0.25, -0.2) is 4.98 Å². The van der Waals surface area contributed by atoms with Crippen molar-refractivity contribution in [3.8, 4) is 5.75 Å². The van der Waals surface area contributed by atoms with E-state index in [0.717, 1.165) is 11.3 Å². The van der Waals surface area contributed by atoms with Crippen LogP contribution in [0.15, 0.2) is 35.8 Å². The molecule has 1 aromatic carbocycles. The van der Waals surface area contributed by atoms with Crippen LogP contribution in [0.1, 0.15) is 16.7 Å². The number of rotatable bonds is 3. The topological polar surface area (TPSA) is 42.4 Å². The van der Waals surface area contributed by atoms with Crippen LogP contribution in [-0.2, 0) is 0 Å². The first-order chi connectivity index (χ1) is 7.31. The van der Waals surface area contributed by atoms with Crippen LogP contribution in [0.5, 0.6) is 5.75 Å². The van der Waals surface area contributed by atoms with E-state index < -0.39 is 6.10 Å². The van der Waals surface area contributed by atoms with Gasteiger partial charge in [-0.1, -0.05) is 12.1 Å². The molecule has 1 heterocycles. The van der Waals surface area contributed by atoms with Crippen molar-refractivity contribution < 1.29 is 9.84 Å². The summed E-state index contributed by atoms with van der Waals surface area (Å²) in [5.74, 6) is 0.739. The van der Waals surface area contributed by atoms with Gasteiger partial charge >= 0.3 is 0 Å². The minimum absolute atomic E-state index is 0.667. The molecule has 2 rings (SSSR count). The lowest BCUT2D eigenvalue weighted by molar-refractivity contribution is 0.219. The fourth-order valence-electron chi connectivity index (χ4n) is 1.32. The van der Waals surface area contributed by atoms with Gasteiger partial charge in [0.2, 0.25) is 0 Å². The number of benzene rings is 1. The number of methoxy groups -OCH3 is 1. The summed E-state index contributed by atoms with van der Waals surface area (Å²) in [4.78, 5) is 4.08. The van der Waals surface area contributed by atoms with Crippen LogP contribution in [0.25, 0.3) is 0 Å². The van der Waals surface area contributed by atoms with Gasteiger partial charge in [-0.2, -0.15) is 0 Å². The molecule has 0 spiro atoms. The van der Waals surface area contributed by atoms with Crippen molar-refractivity contribution in [2.75, 3.05) is 7.11 Å². The third kappa shape index (κ3) is 2.16. The van der Waals surface area contributed by atoms with E-state index in [1.54, 1.807) is 13.3 Å². The predicted octanol–water partition coefficient (Wildman–Crippen LogP) is 2.23. The summed E-state index contributed by atoms with van der Waals surface area (Å²) in [7, 11) is 1.61. The number of hydrogen-bond acceptors (Lipinski definition) is 4. The molecule has 0 bridgehead atoms. The summed E-state index contributed by atoms with van der Waals surface area (Å²) in [5.41, 5.74) is 0.796. The Hall–Kier alpha value is -1.39. The molecule has 0 amide bonds. The number of aliphatic hydroxyl groups excluding tert-OH is 1. The number of aliphatic hydroxyl groups is 1. The minimum Gasteiger partial charge on any atom is -0.497 e. The molecule has 1 N–H and O–H groups in total. The van der Waals surface area contributed by atoms with Gasteiger partial charge in [-0.3, -0.25) is 0 Å². The van der Waals surface area contributed by atoms with Gasteiger partial charge in [0.25, 0.3) is 0 Å². The van der Waals surface area contributed by atoms with Crippen LogP contribution in [0.4, 0.5) is 0 Å². The molecule has 3 nitrogen and oxygen atoms in total. The summed E-state index contributed by atoms with van der Waals surface area (Å²) in [6, 6.07) is 7.36. The first kappa shape index (κ1) is 10.1. The lowest BCUT2D eigenvalue weighted by atomic mass is 10.1. The Balaban J connectivity index is 2.29. The zero-order chi connectivity index (χ0) is 10.7. The van der Waals surface area contributed by atoms with E-state index in [1.165, 1.54) is 11.3 Å². The SMILES string of the molecule is COc1cccc(C(O)c2nccs2)c1. The Morgan fingerprint density at radius 1 is 1.47 bits per heavy atom. The maximum absolute atomic E-state index is 9.99. The average molecular weight is 221 g/mol. The summed E-state index contributed by atoms with van der Waals surface area (Å²) < 4.78 is 5.09. The standard InChI is InChI=1S/C11H11NO2S/c1-14-9-4-2-3-8(7-9)10(13)11-12-5-6-15-11/h2-7,10,13H,1H3. The Kier molecular flexibility index (Phi) is 2.99. The molecule has 0 aliphatic rings. The van der Waals surface area contributed by atoms with E-state index in [0.29, 0.717) is 5.01 Å². The van der Waals surface area contributed by atoms with Crippen molar-refractivity contribution in [2.24, 2.45) is 0 Å². The number of thiazole rings is 1. The van der Waals surface area contributed by atoms with Crippen molar-refractivity contribution in [3.63, 3.8) is 0 Å². The molecule has 1 aromatic heterocycles. The highest BCUT2D eigenvalue weighted by molar-refractivity contribution is 7.09. The van der Waals surface area contributed by atoms with E-state index in [9.17, 15) is 5.11 Å². The van der Waals surface area contributed by atoms with Crippen LogP contribution in [0, 0.1) is 0 Å². The Bertz CT molecular complexity index is 428. The Morgan fingerprint density at radius 2 is 2.33 bits per heavy atom. The van der Waals surface area contributed by atoms with Crippen LogP contribution in [0.2, 0.25) is 0 Å². The molecular formula is C11H11NO2S. The Labute approximate surface area is 92.0 Å². The molecule has 4 heteroatoms. The maximum atomic E-state index is 9.99. The number of aromatic nitrogens is 1. The lowest BCUT2D eigenvalue weighted by Crippen LogP contribution is -1.98. The molecule has 1 unspecified atom stereocenters. The molecule has 1 atom stereocenters. The molecule has 15 heavy (non-hydrogen) atoms. The molecule has 0 radical (unpaired) electrons. The maximum Gasteiger partial charge on any atom is 0.131 e. The minimum atomic E-state index is -0.667. The third-order valence-corrected chi connectivity index (χ3v) is 2.92. The van der Waals surface area contributed by atoms with Gasteiger partial charge in [0.15, 0.2) is 0 Å². The summed E-state index contributed by atoms with van der Waals surface area (Å²) >= 11 is 1.44. The molecule has 0 fully saturated rings. The van der Waals surface area contributed by atoms with Gasteiger partial charge in [0.1, 0.15) is 16.9 Å². The van der Waals surface area contributed by atoms with Gasteiger partial charge < -0.3 is 9.84 Å². The molecule has 0 saturated heterocycles. The summed E-state index contributed by atoms with van der Waals surface area (Å²) in [6.07, 6.45) is 1.02. The first-order valence-electron chi connectivity index (χ1n) is 4.52. The van der Waals surface area contributed by atoms with E-state index in [4.69, 9.17) is 4.74 Å². The van der Waals surface area contributed by atoms with Gasteiger partial charge in [-0.05, 0) is 17.7 Å². The number of nitrogens with zero attached hydrogens (tertiary/aromatic N) is 1. The van der Waals surface area contributed by atoms with Gasteiger partial charge in [-0.15, -0.1) is 11.3 Å².